The third kappa shape index (κ3) is 3.84. The fourth-order valence-electron chi connectivity index (χ4n) is 1.12. The highest BCUT2D eigenvalue weighted by Crippen LogP contribution is 2.32. The molecule has 1 rings (SSSR count). The van der Waals surface area contributed by atoms with Gasteiger partial charge in [0.2, 0.25) is 0 Å². The van der Waals surface area contributed by atoms with Gasteiger partial charge >= 0.3 is 0 Å². The maximum absolute atomic E-state index is 8.51. The Bertz CT molecular complexity index is 437. The van der Waals surface area contributed by atoms with Crippen LogP contribution in [0.15, 0.2) is 17.3 Å². The van der Waals surface area contributed by atoms with Gasteiger partial charge in [-0.1, -0.05) is 46.9 Å². The van der Waals surface area contributed by atoms with Crippen molar-refractivity contribution in [3.05, 3.63) is 27.2 Å². The molecule has 1 aromatic carbocycles. The van der Waals surface area contributed by atoms with Crippen LogP contribution in [0.1, 0.15) is 6.92 Å². The maximum Gasteiger partial charge on any atom is 0.143 e. The van der Waals surface area contributed by atoms with Gasteiger partial charge in [0.1, 0.15) is 5.84 Å². The van der Waals surface area contributed by atoms with Crippen molar-refractivity contribution in [3.63, 3.8) is 0 Å². The molecule has 17 heavy (non-hydrogen) atoms. The molecule has 0 spiro atoms. The fourth-order valence-corrected chi connectivity index (χ4v) is 1.74. The minimum absolute atomic E-state index is 0.134. The number of anilines is 1. The summed E-state index contributed by atoms with van der Waals surface area (Å²) in [6.07, 6.45) is 0. The zero-order valence-corrected chi connectivity index (χ0v) is 11.3. The number of nitrogens with two attached hydrogens (primary N) is 1. The van der Waals surface area contributed by atoms with Gasteiger partial charge in [0.25, 0.3) is 0 Å². The van der Waals surface area contributed by atoms with Crippen LogP contribution in [0, 0.1) is 5.92 Å². The Morgan fingerprint density at radius 1 is 1.35 bits per heavy atom. The largest absolute Gasteiger partial charge is 0.409 e. The number of benzene rings is 1. The van der Waals surface area contributed by atoms with E-state index >= 15 is 0 Å². The van der Waals surface area contributed by atoms with Crippen LogP contribution in [0.25, 0.3) is 0 Å². The summed E-state index contributed by atoms with van der Waals surface area (Å²) < 4.78 is 0. The lowest BCUT2D eigenvalue weighted by Crippen LogP contribution is -2.27. The van der Waals surface area contributed by atoms with E-state index in [4.69, 9.17) is 45.7 Å². The maximum atomic E-state index is 8.51. The summed E-state index contributed by atoms with van der Waals surface area (Å²) in [5.41, 5.74) is 6.10. The van der Waals surface area contributed by atoms with Crippen LogP contribution in [0.5, 0.6) is 0 Å². The lowest BCUT2D eigenvalue weighted by Gasteiger charge is -2.13. The minimum atomic E-state index is -0.134. The Kier molecular flexibility index (Phi) is 5.18. The molecule has 1 atom stereocenters. The molecular formula is C10H12Cl3N3O. The average Bonchev–Trinajstić information content (AvgIpc) is 2.30. The first-order valence-electron chi connectivity index (χ1n) is 4.81. The second kappa shape index (κ2) is 6.19. The predicted molar refractivity (Wildman–Crippen MR) is 72.5 cm³/mol. The van der Waals surface area contributed by atoms with Crippen LogP contribution in [-0.4, -0.2) is 17.6 Å². The van der Waals surface area contributed by atoms with Gasteiger partial charge < -0.3 is 16.3 Å². The second-order valence-corrected chi connectivity index (χ2v) is 4.77. The molecule has 94 valence electrons. The van der Waals surface area contributed by atoms with E-state index in [0.717, 1.165) is 0 Å². The van der Waals surface area contributed by atoms with Crippen LogP contribution in [0.2, 0.25) is 15.1 Å². The molecule has 0 fully saturated rings. The van der Waals surface area contributed by atoms with Gasteiger partial charge in [-0.25, -0.2) is 0 Å². The predicted octanol–water partition coefficient (Wildman–Crippen LogP) is 3.44. The first-order valence-corrected chi connectivity index (χ1v) is 5.95. The molecule has 1 aromatic rings. The molecular weight excluding hydrogens is 284 g/mol. The molecule has 0 amide bonds. The highest BCUT2D eigenvalue weighted by Gasteiger charge is 2.10. The van der Waals surface area contributed by atoms with Crippen molar-refractivity contribution < 1.29 is 5.21 Å². The number of halogens is 3. The number of nitrogens with one attached hydrogen (secondary N) is 1. The lowest BCUT2D eigenvalue weighted by molar-refractivity contribution is 0.315. The summed E-state index contributed by atoms with van der Waals surface area (Å²) in [4.78, 5) is 0. The van der Waals surface area contributed by atoms with Gasteiger partial charge in [-0.3, -0.25) is 0 Å². The molecule has 0 saturated carbocycles. The van der Waals surface area contributed by atoms with E-state index in [2.05, 4.69) is 10.5 Å². The molecule has 0 aromatic heterocycles. The van der Waals surface area contributed by atoms with Crippen LogP contribution in [0.3, 0.4) is 0 Å². The van der Waals surface area contributed by atoms with Crippen LogP contribution < -0.4 is 11.1 Å². The Balaban J connectivity index is 2.73. The smallest absolute Gasteiger partial charge is 0.143 e. The molecule has 0 aliphatic rings. The Hall–Kier alpha value is -0.840. The number of amidine groups is 1. The number of oxime groups is 1. The SMILES string of the molecule is CC(CNc1cc(Cl)c(Cl)cc1Cl)/C(N)=N/O. The Labute approximate surface area is 114 Å². The summed E-state index contributed by atoms with van der Waals surface area (Å²) in [7, 11) is 0. The fraction of sp³-hybridized carbons (Fsp3) is 0.300. The van der Waals surface area contributed by atoms with E-state index in [9.17, 15) is 0 Å². The van der Waals surface area contributed by atoms with Crippen LogP contribution in [0.4, 0.5) is 5.69 Å². The Morgan fingerprint density at radius 2 is 1.94 bits per heavy atom. The lowest BCUT2D eigenvalue weighted by atomic mass is 10.1. The number of rotatable bonds is 4. The molecule has 0 saturated heterocycles. The molecule has 1 unspecified atom stereocenters. The summed E-state index contributed by atoms with van der Waals surface area (Å²) in [5, 5.41) is 15.8. The van der Waals surface area contributed by atoms with Crippen molar-refractivity contribution in [2.24, 2.45) is 16.8 Å². The highest BCUT2D eigenvalue weighted by atomic mass is 35.5. The van der Waals surface area contributed by atoms with E-state index in [0.29, 0.717) is 27.3 Å². The van der Waals surface area contributed by atoms with Crippen LogP contribution >= 0.6 is 34.8 Å². The quantitative estimate of drug-likeness (QED) is 0.262. The molecule has 4 N–H and O–H groups in total. The van der Waals surface area contributed by atoms with E-state index in [1.807, 2.05) is 6.92 Å². The first kappa shape index (κ1) is 14.2. The zero-order valence-electron chi connectivity index (χ0n) is 9.04. The van der Waals surface area contributed by atoms with Crippen molar-refractivity contribution in [1.82, 2.24) is 0 Å². The van der Waals surface area contributed by atoms with Crippen LogP contribution in [-0.2, 0) is 0 Å². The van der Waals surface area contributed by atoms with Gasteiger partial charge in [0, 0.05) is 12.5 Å². The molecule has 0 heterocycles. The summed E-state index contributed by atoms with van der Waals surface area (Å²) in [6, 6.07) is 3.19. The molecule has 4 nitrogen and oxygen atoms in total. The third-order valence-corrected chi connectivity index (χ3v) is 3.26. The standard InChI is InChI=1S/C10H12Cl3N3O/c1-5(10(14)16-17)4-15-9-3-7(12)6(11)2-8(9)13/h2-3,5,15,17H,4H2,1H3,(H2,14,16). The topological polar surface area (TPSA) is 70.6 Å². The number of nitrogens with zero attached hydrogens (tertiary/aromatic N) is 1. The molecule has 0 radical (unpaired) electrons. The molecule has 7 heteroatoms. The normalized spacial score (nSPS) is 13.5. The van der Waals surface area contributed by atoms with Gasteiger partial charge in [0.15, 0.2) is 0 Å². The van der Waals surface area contributed by atoms with Crippen molar-refractivity contribution in [1.29, 1.82) is 0 Å². The van der Waals surface area contributed by atoms with Crippen molar-refractivity contribution in [3.8, 4) is 0 Å². The Morgan fingerprint density at radius 3 is 2.53 bits per heavy atom. The third-order valence-electron chi connectivity index (χ3n) is 2.23. The summed E-state index contributed by atoms with van der Waals surface area (Å²) in [5.74, 6) is 0.0132. The zero-order chi connectivity index (χ0) is 13.0. The monoisotopic (exact) mass is 295 g/mol. The van der Waals surface area contributed by atoms with Gasteiger partial charge in [0.05, 0.1) is 20.8 Å². The molecule has 0 aliphatic carbocycles. The van der Waals surface area contributed by atoms with E-state index in [1.165, 1.54) is 0 Å². The number of hydrogen-bond donors (Lipinski definition) is 3. The van der Waals surface area contributed by atoms with E-state index < -0.39 is 0 Å². The summed E-state index contributed by atoms with van der Waals surface area (Å²) >= 11 is 17.7. The minimum Gasteiger partial charge on any atom is -0.409 e. The summed E-state index contributed by atoms with van der Waals surface area (Å²) in [6.45, 7) is 2.28. The van der Waals surface area contributed by atoms with E-state index in [1.54, 1.807) is 12.1 Å². The van der Waals surface area contributed by atoms with Gasteiger partial charge in [-0.05, 0) is 12.1 Å². The first-order chi connectivity index (χ1) is 7.95. The number of hydrogen-bond acceptors (Lipinski definition) is 3. The average molecular weight is 297 g/mol. The van der Waals surface area contributed by atoms with E-state index in [-0.39, 0.29) is 11.8 Å². The molecule has 0 aliphatic heterocycles. The molecule has 0 bridgehead atoms. The highest BCUT2D eigenvalue weighted by molar-refractivity contribution is 6.44. The second-order valence-electron chi connectivity index (χ2n) is 3.55. The van der Waals surface area contributed by atoms with Crippen molar-refractivity contribution in [2.45, 2.75) is 6.92 Å². The van der Waals surface area contributed by atoms with Crippen molar-refractivity contribution >= 4 is 46.3 Å². The van der Waals surface area contributed by atoms with Crippen molar-refractivity contribution in [2.75, 3.05) is 11.9 Å². The van der Waals surface area contributed by atoms with Gasteiger partial charge in [-0.15, -0.1) is 0 Å². The van der Waals surface area contributed by atoms with Gasteiger partial charge in [-0.2, -0.15) is 0 Å².